The first kappa shape index (κ1) is 80.7. The molecule has 0 saturated carbocycles. The Balaban J connectivity index is 0.000000582. The molecule has 512 valence electrons. The maximum atomic E-state index is 12.0. The van der Waals surface area contributed by atoms with Crippen molar-refractivity contribution >= 4 is 192 Å². The van der Waals surface area contributed by atoms with Gasteiger partial charge in [-0.3, -0.25) is 14.4 Å². The van der Waals surface area contributed by atoms with E-state index in [4.69, 9.17) is 127 Å². The van der Waals surface area contributed by atoms with E-state index in [2.05, 4.69) is 89.0 Å². The number of aromatic nitrogens is 3. The summed E-state index contributed by atoms with van der Waals surface area (Å²) in [5, 5.41) is 4.09. The minimum Gasteiger partial charge on any atom is -0.397 e. The minimum absolute atomic E-state index is 0.0280. The van der Waals surface area contributed by atoms with Gasteiger partial charge in [-0.05, 0) is 179 Å². The van der Waals surface area contributed by atoms with Crippen molar-refractivity contribution < 1.29 is 19.9 Å². The fraction of sp³-hybridized carbons (Fsp3) is 0.205. The number of para-hydroxylation sites is 2. The van der Waals surface area contributed by atoms with Crippen LogP contribution in [-0.4, -0.2) is 57.9 Å². The van der Waals surface area contributed by atoms with E-state index >= 15 is 0 Å². The van der Waals surface area contributed by atoms with E-state index in [0.717, 1.165) is 82.9 Å². The number of nitrogens with two attached hydrogens (primary N) is 3. The molecule has 96 heavy (non-hydrogen) atoms. The zero-order valence-electron chi connectivity index (χ0n) is 58.5. The molecule has 8 aromatic rings. The Morgan fingerprint density at radius 3 is 1.30 bits per heavy atom. The number of ketones is 2. The topological polar surface area (TPSA) is 174 Å². The number of rotatable bonds is 17. The van der Waals surface area contributed by atoms with Gasteiger partial charge in [0.2, 0.25) is 5.24 Å². The van der Waals surface area contributed by atoms with Gasteiger partial charge in [0.15, 0.2) is 16.7 Å². The summed E-state index contributed by atoms with van der Waals surface area (Å²) in [6, 6.07) is 23.9. The van der Waals surface area contributed by atoms with Gasteiger partial charge in [0.25, 0.3) is 0 Å². The van der Waals surface area contributed by atoms with E-state index in [-0.39, 0.29) is 18.0 Å². The van der Waals surface area contributed by atoms with Gasteiger partial charge >= 0.3 is 0 Å². The summed E-state index contributed by atoms with van der Waals surface area (Å²) in [6.45, 7) is 34.7. The molecule has 0 spiro atoms. The van der Waals surface area contributed by atoms with E-state index in [1.165, 1.54) is 47.9 Å². The largest absolute Gasteiger partial charge is 0.397 e. The number of hydrogen-bond donors (Lipinski definition) is 3. The zero-order valence-corrected chi connectivity index (χ0v) is 65.3. The normalized spacial score (nSPS) is 10.6. The fourth-order valence-electron chi connectivity index (χ4n) is 7.86. The van der Waals surface area contributed by atoms with Crippen LogP contribution in [0.25, 0.3) is 0 Å². The second-order valence-electron chi connectivity index (χ2n) is 20.0. The Morgan fingerprint density at radius 2 is 0.927 bits per heavy atom. The molecular formula is C73H79Br2Cl9N8O3S. The van der Waals surface area contributed by atoms with Crippen molar-refractivity contribution in [2.75, 3.05) is 53.2 Å². The Bertz CT molecular complexity index is 3840. The number of nitrogen functional groups attached to an aromatic ring is 3. The van der Waals surface area contributed by atoms with Crippen LogP contribution in [0.2, 0.25) is 40.4 Å². The van der Waals surface area contributed by atoms with Gasteiger partial charge < -0.3 is 27.0 Å². The van der Waals surface area contributed by atoms with E-state index in [1.54, 1.807) is 75.4 Å². The lowest BCUT2D eigenvalue weighted by Gasteiger charge is -2.25. The molecule has 11 nitrogen and oxygen atoms in total. The summed E-state index contributed by atoms with van der Waals surface area (Å²) in [6.07, 6.45) is 15.5. The highest BCUT2D eigenvalue weighted by atomic mass is 79.9. The van der Waals surface area contributed by atoms with E-state index in [9.17, 15) is 14.4 Å². The predicted molar refractivity (Wildman–Crippen MR) is 427 cm³/mol. The summed E-state index contributed by atoms with van der Waals surface area (Å²) in [7, 11) is 0. The number of carbonyl (C=O) groups is 3. The van der Waals surface area contributed by atoms with Crippen LogP contribution >= 0.6 is 148 Å². The number of Topliss-reactive ketones (excluding diaryl/α,β-unsaturated/α-hetero) is 1. The smallest absolute Gasteiger partial charge is 0.244 e. The van der Waals surface area contributed by atoms with Crippen LogP contribution in [0.5, 0.6) is 0 Å². The molecule has 0 aliphatic rings. The quantitative estimate of drug-likeness (QED) is 0.0198. The van der Waals surface area contributed by atoms with Crippen molar-refractivity contribution in [3.63, 3.8) is 0 Å². The van der Waals surface area contributed by atoms with Crippen molar-refractivity contribution in [1.29, 1.82) is 0 Å². The Morgan fingerprint density at radius 1 is 0.521 bits per heavy atom. The van der Waals surface area contributed by atoms with Gasteiger partial charge in [0.1, 0.15) is 16.1 Å². The average molecular weight is 1630 g/mol. The van der Waals surface area contributed by atoms with Crippen molar-refractivity contribution in [3.8, 4) is 0 Å². The van der Waals surface area contributed by atoms with Crippen LogP contribution in [-0.2, 0) is 22.4 Å². The number of nitrogens with zero attached hydrogens (tertiary/aromatic N) is 5. The van der Waals surface area contributed by atoms with Crippen molar-refractivity contribution in [3.05, 3.63) is 289 Å². The molecule has 8 rings (SSSR count). The molecule has 0 atom stereocenters. The summed E-state index contributed by atoms with van der Waals surface area (Å²) in [5.41, 5.74) is 27.2. The Labute approximate surface area is 638 Å². The molecule has 0 bridgehead atoms. The maximum absolute atomic E-state index is 12.0. The molecule has 6 aromatic carbocycles. The molecule has 0 saturated heterocycles. The van der Waals surface area contributed by atoms with Crippen LogP contribution in [0, 0.1) is 48.5 Å². The van der Waals surface area contributed by atoms with Gasteiger partial charge in [0.05, 0.1) is 59.4 Å². The van der Waals surface area contributed by atoms with E-state index < -0.39 is 5.24 Å². The maximum Gasteiger partial charge on any atom is 0.244 e. The highest BCUT2D eigenvalue weighted by Crippen LogP contribution is 2.34. The molecule has 2 heterocycles. The molecule has 0 fully saturated rings. The van der Waals surface area contributed by atoms with E-state index in [0.29, 0.717) is 106 Å². The van der Waals surface area contributed by atoms with Gasteiger partial charge in [-0.25, -0.2) is 15.0 Å². The molecular weight excluding hydrogens is 1550 g/mol. The Hall–Kier alpha value is -5.95. The fourth-order valence-corrected chi connectivity index (χ4v) is 12.3. The lowest BCUT2D eigenvalue weighted by atomic mass is 10.0. The second-order valence-corrected chi connectivity index (χ2v) is 26.5. The number of benzene rings is 6. The molecule has 0 aliphatic heterocycles. The zero-order chi connectivity index (χ0) is 76.3. The van der Waals surface area contributed by atoms with Crippen LogP contribution in [0.4, 0.5) is 27.9 Å². The van der Waals surface area contributed by atoms with Crippen molar-refractivity contribution in [1.82, 2.24) is 15.0 Å². The molecule has 0 aliphatic carbocycles. The number of thiazole rings is 1. The third kappa shape index (κ3) is 33.5. The summed E-state index contributed by atoms with van der Waals surface area (Å²) >= 11 is 59.7. The highest BCUT2D eigenvalue weighted by Gasteiger charge is 2.16. The summed E-state index contributed by atoms with van der Waals surface area (Å²) in [5.74, 6) is 0.555. The van der Waals surface area contributed by atoms with Crippen LogP contribution in [0.1, 0.15) is 79.3 Å². The Kier molecular flexibility index (Phi) is 40.3. The van der Waals surface area contributed by atoms with Crippen molar-refractivity contribution in [2.45, 2.75) is 75.2 Å². The molecule has 0 radical (unpaired) electrons. The lowest BCUT2D eigenvalue weighted by molar-refractivity contribution is -0.114. The molecule has 0 amide bonds. The number of anilines is 5. The van der Waals surface area contributed by atoms with Gasteiger partial charge in [-0.2, -0.15) is 0 Å². The first-order chi connectivity index (χ1) is 46.9. The van der Waals surface area contributed by atoms with Crippen LogP contribution in [0.15, 0.2) is 193 Å². The lowest BCUT2D eigenvalue weighted by Crippen LogP contribution is -2.24. The summed E-state index contributed by atoms with van der Waals surface area (Å²) in [4.78, 5) is 49.4. The standard InChI is InChI=1S/C13H15BrClN.C13H16ClN.C12H11ClN2OS.C12H13ClO.C7H7BrClN.C7H8ClN.C5H4Cl2N2.C4H5ClO/c1-4-6-16(7-5-2)13-10(3)8-11(14)9-12(13)15;1-4-9-15(10-5-2)13-11(3)7-6-8-12(13)14;1-7-3-2-4-9(13)8(7)5-10(16)11-6-15-12(14)17-11;1-3-5-10(14)8-11-9(2)6-4-7-12(11)13;1-4-2-5(8)3-6(9)7(4)10;1-5-3-2-4-6(8)7(5)9;1-3-8-4(6)2-5(7)9-3;1-2-3-4(5)6/h4-5,8-9H,1-2,6-7H2,3H3;4-8H,1-2,9-10H2,3H3;2-4,6H,5H2,1H3,(H2,14,15);3-7H,8H2,1-2H3;2-3H,10H2,1H3;2-4H,9H2,1H3;2H,1H3;2-3H,1H3/b;;;5-3+;;;;3-2+/i;6D;2D;4D;;2D;;. The minimum atomic E-state index is -0.419. The number of hydrogen-bond acceptors (Lipinski definition) is 12. The number of aryl methyl sites for hydroxylation is 7. The van der Waals surface area contributed by atoms with Crippen LogP contribution in [0.3, 0.4) is 0 Å². The first-order valence-electron chi connectivity index (χ1n) is 30.7. The third-order valence-corrected chi connectivity index (χ3v) is 16.5. The third-order valence-electron chi connectivity index (χ3n) is 12.3. The van der Waals surface area contributed by atoms with E-state index in [1.807, 2.05) is 78.0 Å². The van der Waals surface area contributed by atoms with Gasteiger partial charge in [0, 0.05) is 64.1 Å². The molecule has 2 aromatic heterocycles. The van der Waals surface area contributed by atoms with Crippen LogP contribution < -0.4 is 27.0 Å². The van der Waals surface area contributed by atoms with Gasteiger partial charge in [-0.1, -0.05) is 221 Å². The SMILES string of the molecule is C/C=C/C(=O)Cl.C=CCN(CC=C)c1c(C)cc(Br)cc1Cl.Cc1cc(Br)cc(Cl)c1N.Cc1nc(Cl)cc(Cl)n1.[2H]c1cc(C)c(CC(=O)/C=C/C)c(Cl)c1.[2H]c1cc(C)c(CC(=O)c2cnc(N)s2)c(Cl)c1.[2H]c1cc(C)c(N(CC=C)CC=C)c(Cl)c1.[2H]c1cc(C)c(N)c(Cl)c1. The summed E-state index contributed by atoms with van der Waals surface area (Å²) < 4.78 is 31.7. The number of allylic oxidation sites excluding steroid dienone is 4. The molecule has 6 N–H and O–H groups in total. The average Bonchev–Trinajstić information content (AvgIpc) is 0.900. The molecule has 23 heteroatoms. The number of carbonyl (C=O) groups excluding carboxylic acids is 3. The van der Waals surface area contributed by atoms with Gasteiger partial charge in [-0.15, -0.1) is 26.3 Å². The molecule has 0 unspecified atom stereocenters. The monoisotopic (exact) mass is 1620 g/mol. The second kappa shape index (κ2) is 47.9. The highest BCUT2D eigenvalue weighted by molar-refractivity contribution is 9.10. The number of halogens is 11. The predicted octanol–water partition coefficient (Wildman–Crippen LogP) is 23.5. The first-order valence-corrected chi connectivity index (χ1v) is 34.5. The van der Waals surface area contributed by atoms with Crippen molar-refractivity contribution in [2.24, 2.45) is 0 Å².